The van der Waals surface area contributed by atoms with Crippen LogP contribution in [0.3, 0.4) is 0 Å². The Bertz CT molecular complexity index is 1110. The molecule has 0 unspecified atom stereocenters. The number of carbonyl (C=O) groups excluding carboxylic acids is 2. The Morgan fingerprint density at radius 2 is 1.71 bits per heavy atom. The molecule has 2 aromatic rings. The summed E-state index contributed by atoms with van der Waals surface area (Å²) >= 11 is 1.10. The van der Waals surface area contributed by atoms with E-state index in [9.17, 15) is 18.0 Å². The Morgan fingerprint density at radius 1 is 1.03 bits per heavy atom. The van der Waals surface area contributed by atoms with Crippen molar-refractivity contribution in [3.8, 4) is 0 Å². The van der Waals surface area contributed by atoms with E-state index in [1.54, 1.807) is 5.38 Å². The fraction of sp³-hybridized carbons (Fsp3) is 0.520. The molecule has 3 heterocycles. The second-order valence-corrected chi connectivity index (χ2v) is 12.1. The molecular formula is C25H33N3O4S2. The van der Waals surface area contributed by atoms with Crippen molar-refractivity contribution >= 4 is 38.9 Å². The highest BCUT2D eigenvalue weighted by Gasteiger charge is 2.33. The Morgan fingerprint density at radius 3 is 2.38 bits per heavy atom. The predicted molar refractivity (Wildman–Crippen MR) is 135 cm³/mol. The number of piperidine rings is 1. The van der Waals surface area contributed by atoms with E-state index < -0.39 is 10.0 Å². The van der Waals surface area contributed by atoms with Crippen LogP contribution >= 0.6 is 11.3 Å². The number of thiophene rings is 1. The molecule has 0 spiro atoms. The van der Waals surface area contributed by atoms with E-state index in [4.69, 9.17) is 0 Å². The number of anilines is 1. The minimum Gasteiger partial charge on any atom is -0.339 e. The van der Waals surface area contributed by atoms with Crippen LogP contribution in [0.25, 0.3) is 0 Å². The van der Waals surface area contributed by atoms with Crippen molar-refractivity contribution in [3.05, 3.63) is 46.8 Å². The summed E-state index contributed by atoms with van der Waals surface area (Å²) in [6, 6.07) is 9.27. The number of nitrogens with one attached hydrogen (secondary N) is 1. The molecular weight excluding hydrogens is 470 g/mol. The third-order valence-electron chi connectivity index (χ3n) is 6.79. The van der Waals surface area contributed by atoms with Gasteiger partial charge in [0, 0.05) is 43.2 Å². The lowest BCUT2D eigenvalue weighted by Crippen LogP contribution is -2.41. The monoisotopic (exact) mass is 503 g/mol. The van der Waals surface area contributed by atoms with Gasteiger partial charge in [-0.15, -0.1) is 11.3 Å². The maximum absolute atomic E-state index is 13.2. The Balaban J connectivity index is 1.36. The highest BCUT2D eigenvalue weighted by atomic mass is 32.2. The summed E-state index contributed by atoms with van der Waals surface area (Å²) in [5.74, 6) is -0.360. The van der Waals surface area contributed by atoms with Crippen LogP contribution in [0.5, 0.6) is 0 Å². The number of amides is 2. The van der Waals surface area contributed by atoms with Gasteiger partial charge in [0.2, 0.25) is 5.91 Å². The van der Waals surface area contributed by atoms with Gasteiger partial charge >= 0.3 is 0 Å². The largest absolute Gasteiger partial charge is 0.339 e. The summed E-state index contributed by atoms with van der Waals surface area (Å²) in [5, 5.41) is 4.68. The summed E-state index contributed by atoms with van der Waals surface area (Å²) in [6.07, 6.45) is 6.03. The number of carbonyl (C=O) groups is 2. The number of nitrogens with zero attached hydrogens (tertiary/aromatic N) is 2. The molecule has 1 aromatic carbocycles. The normalized spacial score (nSPS) is 18.4. The first-order chi connectivity index (χ1) is 16.4. The molecule has 2 fully saturated rings. The summed E-state index contributed by atoms with van der Waals surface area (Å²) in [6.45, 7) is 4.10. The smallest absolute Gasteiger partial charge is 0.254 e. The van der Waals surface area contributed by atoms with Crippen molar-refractivity contribution in [3.63, 3.8) is 0 Å². The number of hydrogen-bond donors (Lipinski definition) is 1. The summed E-state index contributed by atoms with van der Waals surface area (Å²) in [5.41, 5.74) is 2.36. The van der Waals surface area contributed by atoms with E-state index in [1.807, 2.05) is 36.1 Å². The summed E-state index contributed by atoms with van der Waals surface area (Å²) in [7, 11) is -3.68. The lowest BCUT2D eigenvalue weighted by Gasteiger charge is -2.30. The van der Waals surface area contributed by atoms with Crippen molar-refractivity contribution in [1.29, 1.82) is 0 Å². The quantitative estimate of drug-likeness (QED) is 0.634. The topological polar surface area (TPSA) is 86.8 Å². The van der Waals surface area contributed by atoms with Crippen LogP contribution in [0.4, 0.5) is 5.69 Å². The molecule has 2 amide bonds. The zero-order valence-electron chi connectivity index (χ0n) is 19.7. The fourth-order valence-electron chi connectivity index (χ4n) is 4.69. The summed E-state index contributed by atoms with van der Waals surface area (Å²) < 4.78 is 28.1. The van der Waals surface area contributed by atoms with Crippen LogP contribution in [0, 0.1) is 5.92 Å². The molecule has 1 aromatic heterocycles. The molecule has 9 heteroatoms. The van der Waals surface area contributed by atoms with Crippen LogP contribution in [0.2, 0.25) is 0 Å². The third-order valence-corrected chi connectivity index (χ3v) is 10.1. The van der Waals surface area contributed by atoms with Gasteiger partial charge in [0.05, 0.1) is 5.56 Å². The third kappa shape index (κ3) is 5.53. The number of hydrogen-bond acceptors (Lipinski definition) is 5. The molecule has 2 aliphatic rings. The van der Waals surface area contributed by atoms with Gasteiger partial charge in [-0.25, -0.2) is 8.42 Å². The number of para-hydroxylation sites is 1. The van der Waals surface area contributed by atoms with Crippen LogP contribution in [0.1, 0.15) is 61.4 Å². The van der Waals surface area contributed by atoms with Crippen molar-refractivity contribution in [2.75, 3.05) is 31.5 Å². The maximum atomic E-state index is 13.2. The number of sulfonamides is 1. The average molecular weight is 504 g/mol. The van der Waals surface area contributed by atoms with Crippen LogP contribution < -0.4 is 5.32 Å². The molecule has 0 aliphatic carbocycles. The minimum atomic E-state index is -3.68. The molecule has 0 atom stereocenters. The maximum Gasteiger partial charge on any atom is 0.254 e. The van der Waals surface area contributed by atoms with Gasteiger partial charge in [-0.05, 0) is 49.8 Å². The van der Waals surface area contributed by atoms with E-state index in [-0.39, 0.29) is 21.9 Å². The standard InChI is InChI=1S/C25H33N3O4S2/c1-2-19-9-5-6-10-22(19)26-24(29)20-11-15-28(16-12-20)34(31,32)23-17-21(18-33-23)25(30)27-13-7-3-4-8-14-27/h5-6,9-10,17-18,20H,2-4,7-8,11-16H2,1H3,(H,26,29). The molecule has 2 aliphatic heterocycles. The lowest BCUT2D eigenvalue weighted by molar-refractivity contribution is -0.120. The van der Waals surface area contributed by atoms with E-state index in [1.165, 1.54) is 10.4 Å². The molecule has 0 bridgehead atoms. The number of likely N-dealkylation sites (tertiary alicyclic amines) is 1. The van der Waals surface area contributed by atoms with Crippen LogP contribution in [-0.4, -0.2) is 55.6 Å². The fourth-order valence-corrected chi connectivity index (χ4v) is 7.47. The molecule has 4 rings (SSSR count). The van der Waals surface area contributed by atoms with Gasteiger partial charge in [-0.1, -0.05) is 38.0 Å². The first-order valence-corrected chi connectivity index (χ1v) is 14.5. The van der Waals surface area contributed by atoms with Crippen molar-refractivity contribution in [1.82, 2.24) is 9.21 Å². The SMILES string of the molecule is CCc1ccccc1NC(=O)C1CCN(S(=O)(=O)c2cc(C(=O)N3CCCCCC3)cs2)CC1. The lowest BCUT2D eigenvalue weighted by atomic mass is 9.97. The van der Waals surface area contributed by atoms with Gasteiger partial charge in [0.25, 0.3) is 15.9 Å². The molecule has 0 radical (unpaired) electrons. The number of benzene rings is 1. The van der Waals surface area contributed by atoms with Crippen molar-refractivity contribution < 1.29 is 18.0 Å². The molecule has 184 valence electrons. The highest BCUT2D eigenvalue weighted by Crippen LogP contribution is 2.29. The van der Waals surface area contributed by atoms with E-state index in [2.05, 4.69) is 5.32 Å². The van der Waals surface area contributed by atoms with Crippen molar-refractivity contribution in [2.24, 2.45) is 5.92 Å². The average Bonchev–Trinajstić information content (AvgIpc) is 3.21. The van der Waals surface area contributed by atoms with Crippen molar-refractivity contribution in [2.45, 2.75) is 56.1 Å². The Hall–Kier alpha value is -2.23. The van der Waals surface area contributed by atoms with Crippen LogP contribution in [-0.2, 0) is 21.2 Å². The van der Waals surface area contributed by atoms with E-state index in [0.717, 1.165) is 67.8 Å². The molecule has 34 heavy (non-hydrogen) atoms. The first-order valence-electron chi connectivity index (χ1n) is 12.2. The molecule has 1 N–H and O–H groups in total. The van der Waals surface area contributed by atoms with Crippen LogP contribution in [0.15, 0.2) is 39.9 Å². The minimum absolute atomic E-state index is 0.0561. The van der Waals surface area contributed by atoms with Gasteiger partial charge in [0.15, 0.2) is 0 Å². The number of aryl methyl sites for hydroxylation is 1. The highest BCUT2D eigenvalue weighted by molar-refractivity contribution is 7.91. The van der Waals surface area contributed by atoms with Gasteiger partial charge in [0.1, 0.15) is 4.21 Å². The number of rotatable bonds is 6. The van der Waals surface area contributed by atoms with E-state index >= 15 is 0 Å². The Labute approximate surface area is 206 Å². The second-order valence-electron chi connectivity index (χ2n) is 9.04. The first kappa shape index (κ1) is 24.9. The molecule has 0 saturated carbocycles. The van der Waals surface area contributed by atoms with Gasteiger partial charge < -0.3 is 10.2 Å². The summed E-state index contributed by atoms with van der Waals surface area (Å²) in [4.78, 5) is 27.5. The second kappa shape index (κ2) is 11.0. The zero-order chi connectivity index (χ0) is 24.1. The van der Waals surface area contributed by atoms with Gasteiger partial charge in [-0.2, -0.15) is 4.31 Å². The molecule has 2 saturated heterocycles. The van der Waals surface area contributed by atoms with Gasteiger partial charge in [-0.3, -0.25) is 9.59 Å². The zero-order valence-corrected chi connectivity index (χ0v) is 21.3. The predicted octanol–water partition coefficient (Wildman–Crippen LogP) is 4.37. The molecule has 7 nitrogen and oxygen atoms in total. The Kier molecular flexibility index (Phi) is 8.06. The van der Waals surface area contributed by atoms with E-state index in [0.29, 0.717) is 31.5 Å².